The van der Waals surface area contributed by atoms with E-state index in [1.165, 1.54) is 12.3 Å². The van der Waals surface area contributed by atoms with Crippen LogP contribution in [0, 0.1) is 12.8 Å². The predicted molar refractivity (Wildman–Crippen MR) is 66.8 cm³/mol. The van der Waals surface area contributed by atoms with Gasteiger partial charge in [-0.25, -0.2) is 8.42 Å². The fourth-order valence-electron chi connectivity index (χ4n) is 2.13. The van der Waals surface area contributed by atoms with Gasteiger partial charge in [-0.15, -0.1) is 0 Å². The van der Waals surface area contributed by atoms with E-state index in [9.17, 15) is 13.5 Å². The number of hydrogen-bond donors (Lipinski definition) is 1. The lowest BCUT2D eigenvalue weighted by Gasteiger charge is -2.09. The highest BCUT2D eigenvalue weighted by molar-refractivity contribution is 7.90. The van der Waals surface area contributed by atoms with Crippen LogP contribution in [-0.4, -0.2) is 25.9 Å². The molecule has 1 aromatic carbocycles. The summed E-state index contributed by atoms with van der Waals surface area (Å²) in [4.78, 5) is 0.262. The van der Waals surface area contributed by atoms with Gasteiger partial charge >= 0.3 is 0 Å². The minimum Gasteiger partial charge on any atom is -0.393 e. The van der Waals surface area contributed by atoms with Crippen molar-refractivity contribution in [3.63, 3.8) is 0 Å². The van der Waals surface area contributed by atoms with E-state index in [0.717, 1.165) is 12.0 Å². The molecule has 3 atom stereocenters. The number of aliphatic hydroxyl groups excluding tert-OH is 1. The van der Waals surface area contributed by atoms with Gasteiger partial charge in [0.1, 0.15) is 0 Å². The van der Waals surface area contributed by atoms with Crippen LogP contribution in [-0.2, 0) is 9.84 Å². The summed E-state index contributed by atoms with van der Waals surface area (Å²) in [5.74, 6) is 0.126. The molecule has 1 aliphatic carbocycles. The summed E-state index contributed by atoms with van der Waals surface area (Å²) < 4.78 is 23.4. The summed E-state index contributed by atoms with van der Waals surface area (Å²) in [6.45, 7) is 3.57. The number of rotatable bonds is 3. The molecule has 0 saturated heterocycles. The normalized spacial score (nSPS) is 25.6. The van der Waals surface area contributed by atoms with Crippen LogP contribution in [0.4, 0.5) is 0 Å². The zero-order valence-corrected chi connectivity index (χ0v) is 11.0. The van der Waals surface area contributed by atoms with E-state index < -0.39 is 15.9 Å². The summed E-state index contributed by atoms with van der Waals surface area (Å²) in [5.41, 5.74) is 0.740. The topological polar surface area (TPSA) is 54.4 Å². The van der Waals surface area contributed by atoms with Crippen molar-refractivity contribution in [2.45, 2.75) is 23.3 Å². The number of hydrogen-bond acceptors (Lipinski definition) is 3. The molecular weight excluding hydrogens is 260 g/mol. The second-order valence-corrected chi connectivity index (χ2v) is 6.95. The average molecular weight is 274 g/mol. The first-order chi connectivity index (χ1) is 7.80. The van der Waals surface area contributed by atoms with Crippen LogP contribution in [0.5, 0.6) is 0 Å². The quantitative estimate of drug-likeness (QED) is 0.917. The lowest BCUT2D eigenvalue weighted by Crippen LogP contribution is -2.07. The highest BCUT2D eigenvalue weighted by atomic mass is 35.5. The largest absolute Gasteiger partial charge is 0.393 e. The van der Waals surface area contributed by atoms with E-state index in [-0.39, 0.29) is 16.7 Å². The molecule has 3 unspecified atom stereocenters. The first kappa shape index (κ1) is 12.9. The van der Waals surface area contributed by atoms with Crippen molar-refractivity contribution in [2.75, 3.05) is 6.26 Å². The van der Waals surface area contributed by atoms with Gasteiger partial charge in [0, 0.05) is 11.3 Å². The van der Waals surface area contributed by atoms with Gasteiger partial charge in [0.2, 0.25) is 0 Å². The first-order valence-corrected chi connectivity index (χ1v) is 7.58. The minimum absolute atomic E-state index is 0.0525. The van der Waals surface area contributed by atoms with Gasteiger partial charge < -0.3 is 5.11 Å². The standard InChI is InChI=1S/C12H14ClO3S/c1-7(14)10-6-11(10)9-4-3-8(13)5-12(9)17(2,15)16/h3-5,7,10-11,14H,1,6H2,2H3. The highest BCUT2D eigenvalue weighted by Crippen LogP contribution is 2.51. The Morgan fingerprint density at radius 2 is 2.18 bits per heavy atom. The molecule has 17 heavy (non-hydrogen) atoms. The molecule has 0 spiro atoms. The zero-order chi connectivity index (χ0) is 12.8. The molecule has 0 heterocycles. The van der Waals surface area contributed by atoms with E-state index in [1.807, 2.05) is 0 Å². The van der Waals surface area contributed by atoms with Gasteiger partial charge in [-0.05, 0) is 42.9 Å². The average Bonchev–Trinajstić information content (AvgIpc) is 2.95. The van der Waals surface area contributed by atoms with Crippen molar-refractivity contribution in [1.29, 1.82) is 0 Å². The smallest absolute Gasteiger partial charge is 0.175 e. The molecule has 1 fully saturated rings. The second kappa shape index (κ2) is 4.26. The van der Waals surface area contributed by atoms with Crippen LogP contribution >= 0.6 is 11.6 Å². The molecule has 1 saturated carbocycles. The van der Waals surface area contributed by atoms with Gasteiger partial charge in [-0.1, -0.05) is 17.7 Å². The Kier molecular flexibility index (Phi) is 3.23. The van der Waals surface area contributed by atoms with Crippen molar-refractivity contribution < 1.29 is 13.5 Å². The Labute approximate surface area is 106 Å². The van der Waals surface area contributed by atoms with E-state index in [0.29, 0.717) is 5.02 Å². The van der Waals surface area contributed by atoms with Crippen LogP contribution in [0.1, 0.15) is 17.9 Å². The maximum Gasteiger partial charge on any atom is 0.175 e. The van der Waals surface area contributed by atoms with E-state index in [4.69, 9.17) is 11.6 Å². The van der Waals surface area contributed by atoms with Crippen molar-refractivity contribution in [3.05, 3.63) is 35.7 Å². The van der Waals surface area contributed by atoms with E-state index in [1.54, 1.807) is 12.1 Å². The maximum absolute atomic E-state index is 11.7. The fraction of sp³-hybridized carbons (Fsp3) is 0.417. The van der Waals surface area contributed by atoms with E-state index in [2.05, 4.69) is 6.92 Å². The zero-order valence-electron chi connectivity index (χ0n) is 9.43. The molecule has 5 heteroatoms. The lowest BCUT2D eigenvalue weighted by molar-refractivity contribution is 0.194. The van der Waals surface area contributed by atoms with Gasteiger partial charge in [0.25, 0.3) is 0 Å². The number of aliphatic hydroxyl groups is 1. The maximum atomic E-state index is 11.7. The van der Waals surface area contributed by atoms with Crippen LogP contribution in [0.2, 0.25) is 5.02 Å². The number of sulfone groups is 1. The predicted octanol–water partition coefficient (Wildman–Crippen LogP) is 2.04. The molecule has 1 N–H and O–H groups in total. The third-order valence-corrected chi connectivity index (χ3v) is 4.50. The third kappa shape index (κ3) is 2.64. The second-order valence-electron chi connectivity index (χ2n) is 4.53. The molecule has 0 amide bonds. The van der Waals surface area contributed by atoms with Crippen molar-refractivity contribution in [1.82, 2.24) is 0 Å². The van der Waals surface area contributed by atoms with Gasteiger partial charge in [0.15, 0.2) is 9.84 Å². The van der Waals surface area contributed by atoms with Crippen LogP contribution in [0.25, 0.3) is 0 Å². The Balaban J connectivity index is 2.43. The Hall–Kier alpha value is -0.580. The van der Waals surface area contributed by atoms with Crippen LogP contribution < -0.4 is 0 Å². The Morgan fingerprint density at radius 1 is 1.53 bits per heavy atom. The number of benzene rings is 1. The van der Waals surface area contributed by atoms with Gasteiger partial charge in [0.05, 0.1) is 11.0 Å². The molecule has 2 rings (SSSR count). The fourth-order valence-corrected chi connectivity index (χ4v) is 3.36. The number of halogens is 1. The van der Waals surface area contributed by atoms with Crippen LogP contribution in [0.3, 0.4) is 0 Å². The van der Waals surface area contributed by atoms with E-state index >= 15 is 0 Å². The molecule has 3 nitrogen and oxygen atoms in total. The van der Waals surface area contributed by atoms with Crippen LogP contribution in [0.15, 0.2) is 23.1 Å². The molecule has 93 valence electrons. The van der Waals surface area contributed by atoms with Gasteiger partial charge in [-0.2, -0.15) is 0 Å². The third-order valence-electron chi connectivity index (χ3n) is 3.11. The lowest BCUT2D eigenvalue weighted by atomic mass is 10.1. The molecule has 1 radical (unpaired) electrons. The molecule has 1 aromatic rings. The van der Waals surface area contributed by atoms with Gasteiger partial charge in [-0.3, -0.25) is 0 Å². The SMILES string of the molecule is [CH2]C(O)C1CC1c1ccc(Cl)cc1S(C)(=O)=O. The van der Waals surface area contributed by atoms with Crippen molar-refractivity contribution in [2.24, 2.45) is 5.92 Å². The molecule has 0 aromatic heterocycles. The summed E-state index contributed by atoms with van der Waals surface area (Å²) in [5, 5.41) is 9.79. The molecular formula is C12H14ClO3S. The summed E-state index contributed by atoms with van der Waals surface area (Å²) in [7, 11) is -3.30. The summed E-state index contributed by atoms with van der Waals surface area (Å²) in [6.07, 6.45) is 1.29. The molecule has 0 bridgehead atoms. The summed E-state index contributed by atoms with van der Waals surface area (Å²) in [6, 6.07) is 4.87. The summed E-state index contributed by atoms with van der Waals surface area (Å²) >= 11 is 5.82. The highest BCUT2D eigenvalue weighted by Gasteiger charge is 2.43. The Bertz CT molecular complexity index is 537. The minimum atomic E-state index is -3.30. The van der Waals surface area contributed by atoms with Crippen molar-refractivity contribution in [3.8, 4) is 0 Å². The van der Waals surface area contributed by atoms with Crippen molar-refractivity contribution >= 4 is 21.4 Å². The molecule has 0 aliphatic heterocycles. The molecule has 1 aliphatic rings. The first-order valence-electron chi connectivity index (χ1n) is 5.31. The Morgan fingerprint density at radius 3 is 2.65 bits per heavy atom. The monoisotopic (exact) mass is 273 g/mol.